The summed E-state index contributed by atoms with van der Waals surface area (Å²) in [5.41, 5.74) is 0. The summed E-state index contributed by atoms with van der Waals surface area (Å²) in [5.74, 6) is 1.72. The second kappa shape index (κ2) is 6.48. The van der Waals surface area contributed by atoms with Gasteiger partial charge in [0, 0.05) is 26.6 Å². The number of aromatic nitrogens is 4. The molecule has 114 valence electrons. The van der Waals surface area contributed by atoms with E-state index in [4.69, 9.17) is 9.26 Å². The molecule has 3 rings (SSSR count). The Morgan fingerprint density at radius 3 is 3.10 bits per heavy atom. The molecule has 0 N–H and O–H groups in total. The normalized spacial score (nSPS) is 19.1. The molecule has 21 heavy (non-hydrogen) atoms. The van der Waals surface area contributed by atoms with E-state index in [0.29, 0.717) is 13.0 Å². The number of hydrogen-bond donors (Lipinski definition) is 0. The predicted octanol–water partition coefficient (Wildman–Crippen LogP) is 1.80. The summed E-state index contributed by atoms with van der Waals surface area (Å²) in [6.07, 6.45) is 2.85. The van der Waals surface area contributed by atoms with E-state index in [-0.39, 0.29) is 5.92 Å². The molecule has 1 fully saturated rings. The van der Waals surface area contributed by atoms with E-state index >= 15 is 0 Å². The third kappa shape index (κ3) is 3.38. The highest BCUT2D eigenvalue weighted by Gasteiger charge is 2.27. The van der Waals surface area contributed by atoms with E-state index in [9.17, 15) is 0 Å². The Kier molecular flexibility index (Phi) is 4.45. The molecule has 0 radical (unpaired) electrons. The lowest BCUT2D eigenvalue weighted by molar-refractivity contribution is 0.199. The number of aryl methyl sites for hydroxylation is 1. The molecule has 0 aliphatic carbocycles. The van der Waals surface area contributed by atoms with Crippen LogP contribution in [-0.4, -0.2) is 47.1 Å². The third-order valence-electron chi connectivity index (χ3n) is 3.57. The molecule has 0 aromatic carbocycles. The standard InChI is InChI=1S/C13H19N5O2S/c1-9-15-16-13(21-9)18-6-3-4-10(8-18)12-14-11(17-20-12)5-7-19-2/h10H,3-8H2,1-2H3/t10-/m0/s1. The van der Waals surface area contributed by atoms with Crippen LogP contribution in [0.25, 0.3) is 0 Å². The van der Waals surface area contributed by atoms with Gasteiger partial charge >= 0.3 is 0 Å². The van der Waals surface area contributed by atoms with E-state index in [0.717, 1.165) is 47.8 Å². The second-order valence-electron chi connectivity index (χ2n) is 5.18. The van der Waals surface area contributed by atoms with Gasteiger partial charge in [-0.1, -0.05) is 16.5 Å². The quantitative estimate of drug-likeness (QED) is 0.833. The van der Waals surface area contributed by atoms with Crippen LogP contribution in [0.3, 0.4) is 0 Å². The summed E-state index contributed by atoms with van der Waals surface area (Å²) in [6.45, 7) is 4.46. The van der Waals surface area contributed by atoms with Gasteiger partial charge in [-0.3, -0.25) is 0 Å². The molecule has 2 aromatic rings. The van der Waals surface area contributed by atoms with E-state index in [2.05, 4.69) is 25.2 Å². The monoisotopic (exact) mass is 309 g/mol. The van der Waals surface area contributed by atoms with Gasteiger partial charge in [0.25, 0.3) is 0 Å². The first-order valence-corrected chi connectivity index (χ1v) is 7.94. The zero-order valence-electron chi connectivity index (χ0n) is 12.3. The van der Waals surface area contributed by atoms with Crippen molar-refractivity contribution in [2.24, 2.45) is 0 Å². The van der Waals surface area contributed by atoms with Crippen LogP contribution in [-0.2, 0) is 11.2 Å². The summed E-state index contributed by atoms with van der Waals surface area (Å²) in [5, 5.41) is 14.3. The maximum atomic E-state index is 5.41. The molecule has 8 heteroatoms. The van der Waals surface area contributed by atoms with Crippen LogP contribution >= 0.6 is 11.3 Å². The third-order valence-corrected chi connectivity index (χ3v) is 4.47. The van der Waals surface area contributed by atoms with Gasteiger partial charge in [-0.05, 0) is 19.8 Å². The first kappa shape index (κ1) is 14.4. The van der Waals surface area contributed by atoms with Crippen LogP contribution in [0, 0.1) is 6.92 Å². The van der Waals surface area contributed by atoms with Crippen LogP contribution in [0.2, 0.25) is 0 Å². The fourth-order valence-electron chi connectivity index (χ4n) is 2.49. The highest BCUT2D eigenvalue weighted by atomic mass is 32.1. The number of anilines is 1. The summed E-state index contributed by atoms with van der Waals surface area (Å²) in [7, 11) is 1.67. The van der Waals surface area contributed by atoms with Crippen molar-refractivity contribution in [2.45, 2.75) is 32.1 Å². The van der Waals surface area contributed by atoms with Crippen LogP contribution in [0.15, 0.2) is 4.52 Å². The number of rotatable bonds is 5. The molecule has 3 heterocycles. The minimum Gasteiger partial charge on any atom is -0.384 e. The molecule has 2 aromatic heterocycles. The molecule has 0 unspecified atom stereocenters. The van der Waals surface area contributed by atoms with Crippen molar-refractivity contribution in [3.05, 3.63) is 16.7 Å². The Labute approximate surface area is 127 Å². The molecular weight excluding hydrogens is 290 g/mol. The average molecular weight is 309 g/mol. The molecule has 0 amide bonds. The molecule has 1 aliphatic rings. The van der Waals surface area contributed by atoms with Crippen LogP contribution < -0.4 is 4.90 Å². The Hall–Kier alpha value is -1.54. The Morgan fingerprint density at radius 1 is 1.43 bits per heavy atom. The maximum Gasteiger partial charge on any atom is 0.231 e. The number of methoxy groups -OCH3 is 1. The SMILES string of the molecule is COCCc1noc([C@H]2CCCN(c3nnc(C)s3)C2)n1. The van der Waals surface area contributed by atoms with Crippen molar-refractivity contribution in [3.63, 3.8) is 0 Å². The second-order valence-corrected chi connectivity index (χ2v) is 6.34. The Balaban J connectivity index is 1.66. The van der Waals surface area contributed by atoms with Gasteiger partial charge in [0.15, 0.2) is 5.82 Å². The van der Waals surface area contributed by atoms with Crippen molar-refractivity contribution in [1.29, 1.82) is 0 Å². The molecule has 1 atom stereocenters. The molecule has 0 bridgehead atoms. The number of piperidine rings is 1. The van der Waals surface area contributed by atoms with Gasteiger partial charge in [-0.25, -0.2) is 0 Å². The molecule has 1 aliphatic heterocycles. The fraction of sp³-hybridized carbons (Fsp3) is 0.692. The molecule has 0 saturated carbocycles. The Bertz CT molecular complexity index is 585. The van der Waals surface area contributed by atoms with Crippen molar-refractivity contribution in [2.75, 3.05) is 31.7 Å². The van der Waals surface area contributed by atoms with Gasteiger partial charge in [-0.15, -0.1) is 10.2 Å². The van der Waals surface area contributed by atoms with Crippen LogP contribution in [0.5, 0.6) is 0 Å². The van der Waals surface area contributed by atoms with E-state index in [1.165, 1.54) is 0 Å². The summed E-state index contributed by atoms with van der Waals surface area (Å²) < 4.78 is 10.4. The largest absolute Gasteiger partial charge is 0.384 e. The highest BCUT2D eigenvalue weighted by molar-refractivity contribution is 7.15. The van der Waals surface area contributed by atoms with Crippen LogP contribution in [0.4, 0.5) is 5.13 Å². The van der Waals surface area contributed by atoms with Gasteiger partial charge in [0.05, 0.1) is 12.5 Å². The van der Waals surface area contributed by atoms with Crippen molar-refractivity contribution < 1.29 is 9.26 Å². The lowest BCUT2D eigenvalue weighted by Gasteiger charge is -2.30. The highest BCUT2D eigenvalue weighted by Crippen LogP contribution is 2.30. The average Bonchev–Trinajstić information content (AvgIpc) is 3.14. The minimum atomic E-state index is 0.270. The van der Waals surface area contributed by atoms with E-state index in [1.807, 2.05) is 6.92 Å². The van der Waals surface area contributed by atoms with Gasteiger partial charge in [-0.2, -0.15) is 4.98 Å². The first-order valence-electron chi connectivity index (χ1n) is 7.12. The molecule has 0 spiro atoms. The number of ether oxygens (including phenoxy) is 1. The zero-order chi connectivity index (χ0) is 14.7. The van der Waals surface area contributed by atoms with Gasteiger partial charge in [0.1, 0.15) is 5.01 Å². The van der Waals surface area contributed by atoms with Gasteiger partial charge < -0.3 is 14.2 Å². The Morgan fingerprint density at radius 2 is 2.33 bits per heavy atom. The predicted molar refractivity (Wildman–Crippen MR) is 78.7 cm³/mol. The lowest BCUT2D eigenvalue weighted by atomic mass is 9.98. The summed E-state index contributed by atoms with van der Waals surface area (Å²) in [4.78, 5) is 6.75. The molecule has 7 nitrogen and oxygen atoms in total. The van der Waals surface area contributed by atoms with Crippen LogP contribution in [0.1, 0.15) is 35.5 Å². The smallest absolute Gasteiger partial charge is 0.231 e. The maximum absolute atomic E-state index is 5.41. The topological polar surface area (TPSA) is 77.2 Å². The first-order chi connectivity index (χ1) is 10.3. The van der Waals surface area contributed by atoms with Crippen molar-refractivity contribution in [3.8, 4) is 0 Å². The van der Waals surface area contributed by atoms with Gasteiger partial charge in [0.2, 0.25) is 11.0 Å². The van der Waals surface area contributed by atoms with Crippen molar-refractivity contribution >= 4 is 16.5 Å². The summed E-state index contributed by atoms with van der Waals surface area (Å²) >= 11 is 1.63. The zero-order valence-corrected chi connectivity index (χ0v) is 13.1. The fourth-order valence-corrected chi connectivity index (χ4v) is 3.22. The lowest BCUT2D eigenvalue weighted by Crippen LogP contribution is -2.34. The van der Waals surface area contributed by atoms with Crippen molar-refractivity contribution in [1.82, 2.24) is 20.3 Å². The molecular formula is C13H19N5O2S. The minimum absolute atomic E-state index is 0.270. The number of nitrogens with zero attached hydrogens (tertiary/aromatic N) is 5. The van der Waals surface area contributed by atoms with E-state index in [1.54, 1.807) is 18.4 Å². The van der Waals surface area contributed by atoms with E-state index < -0.39 is 0 Å². The summed E-state index contributed by atoms with van der Waals surface area (Å²) in [6, 6.07) is 0. The molecule has 1 saturated heterocycles. The number of hydrogen-bond acceptors (Lipinski definition) is 8.